The van der Waals surface area contributed by atoms with Gasteiger partial charge in [-0.2, -0.15) is 5.10 Å². The number of amides is 1. The van der Waals surface area contributed by atoms with Crippen molar-refractivity contribution in [3.8, 4) is 0 Å². The van der Waals surface area contributed by atoms with Gasteiger partial charge in [-0.25, -0.2) is 0 Å². The van der Waals surface area contributed by atoms with Crippen molar-refractivity contribution in [3.63, 3.8) is 0 Å². The van der Waals surface area contributed by atoms with E-state index in [2.05, 4.69) is 10.4 Å². The molecule has 1 heterocycles. The van der Waals surface area contributed by atoms with Gasteiger partial charge in [-0.3, -0.25) is 19.6 Å². The van der Waals surface area contributed by atoms with Gasteiger partial charge >= 0.3 is 0 Å². The summed E-state index contributed by atoms with van der Waals surface area (Å²) in [7, 11) is 1.83. The van der Waals surface area contributed by atoms with Gasteiger partial charge in [-0.15, -0.1) is 0 Å². The summed E-state index contributed by atoms with van der Waals surface area (Å²) in [5.74, 6) is -0.401. The summed E-state index contributed by atoms with van der Waals surface area (Å²) in [5, 5.41) is 17.9. The number of carbonyl (C=O) groups excluding carboxylic acids is 1. The lowest BCUT2D eigenvalue weighted by molar-refractivity contribution is -0.384. The van der Waals surface area contributed by atoms with Gasteiger partial charge in [0.15, 0.2) is 0 Å². The maximum absolute atomic E-state index is 12.1. The number of rotatable bonds is 4. The summed E-state index contributed by atoms with van der Waals surface area (Å²) < 4.78 is 1.74. The van der Waals surface area contributed by atoms with Crippen LogP contribution in [0.5, 0.6) is 0 Å². The van der Waals surface area contributed by atoms with E-state index in [1.54, 1.807) is 4.68 Å². The molecule has 0 saturated heterocycles. The number of nitrogens with zero attached hydrogens (tertiary/aromatic N) is 3. The highest BCUT2D eigenvalue weighted by Crippen LogP contribution is 2.25. The zero-order valence-corrected chi connectivity index (χ0v) is 13.1. The van der Waals surface area contributed by atoms with E-state index in [1.165, 1.54) is 18.2 Å². The molecule has 116 valence electrons. The summed E-state index contributed by atoms with van der Waals surface area (Å²) in [5.41, 5.74) is 2.62. The highest BCUT2D eigenvalue weighted by Gasteiger charge is 2.17. The first kappa shape index (κ1) is 16.0. The Bertz CT molecular complexity index is 755. The van der Waals surface area contributed by atoms with Gasteiger partial charge in [0.1, 0.15) is 5.02 Å². The van der Waals surface area contributed by atoms with Crippen LogP contribution in [0.3, 0.4) is 0 Å². The minimum absolute atomic E-state index is 0.000461. The van der Waals surface area contributed by atoms with E-state index in [-0.39, 0.29) is 16.3 Å². The van der Waals surface area contributed by atoms with Crippen molar-refractivity contribution >= 4 is 23.2 Å². The standard InChI is InChI=1S/C14H15ClN4O3/c1-8-11(9(2)18(3)17-8)7-16-14(20)10-4-5-12(15)13(6-10)19(21)22/h4-6H,7H2,1-3H3,(H,16,20). The molecule has 0 aliphatic carbocycles. The lowest BCUT2D eigenvalue weighted by Gasteiger charge is -2.06. The van der Waals surface area contributed by atoms with E-state index in [4.69, 9.17) is 11.6 Å². The highest BCUT2D eigenvalue weighted by molar-refractivity contribution is 6.32. The predicted octanol–water partition coefficient (Wildman–Crippen LogP) is 2.53. The molecule has 1 N–H and O–H groups in total. The van der Waals surface area contributed by atoms with E-state index in [1.807, 2.05) is 20.9 Å². The first-order valence-electron chi connectivity index (χ1n) is 6.52. The number of hydrogen-bond donors (Lipinski definition) is 1. The van der Waals surface area contributed by atoms with Gasteiger partial charge in [-0.1, -0.05) is 11.6 Å². The van der Waals surface area contributed by atoms with Crippen molar-refractivity contribution in [1.29, 1.82) is 0 Å². The average molecular weight is 323 g/mol. The smallest absolute Gasteiger partial charge is 0.288 e. The quantitative estimate of drug-likeness (QED) is 0.691. The van der Waals surface area contributed by atoms with Crippen molar-refractivity contribution in [2.75, 3.05) is 0 Å². The molecule has 0 atom stereocenters. The fourth-order valence-corrected chi connectivity index (χ4v) is 2.32. The Hall–Kier alpha value is -2.41. The molecule has 8 heteroatoms. The van der Waals surface area contributed by atoms with E-state index in [0.29, 0.717) is 6.54 Å². The maximum Gasteiger partial charge on any atom is 0.288 e. The van der Waals surface area contributed by atoms with Crippen LogP contribution < -0.4 is 5.32 Å². The van der Waals surface area contributed by atoms with E-state index in [0.717, 1.165) is 17.0 Å². The van der Waals surface area contributed by atoms with Gasteiger partial charge < -0.3 is 5.32 Å². The van der Waals surface area contributed by atoms with Crippen LogP contribution in [0, 0.1) is 24.0 Å². The second kappa shape index (κ2) is 6.15. The molecule has 7 nitrogen and oxygen atoms in total. The zero-order valence-electron chi connectivity index (χ0n) is 12.4. The molecule has 0 radical (unpaired) electrons. The second-order valence-corrected chi connectivity index (χ2v) is 5.29. The molecule has 0 spiro atoms. The number of nitrogens with one attached hydrogen (secondary N) is 1. The van der Waals surface area contributed by atoms with Crippen molar-refractivity contribution < 1.29 is 9.72 Å². The Morgan fingerprint density at radius 3 is 2.68 bits per heavy atom. The molecule has 1 amide bonds. The van der Waals surface area contributed by atoms with E-state index >= 15 is 0 Å². The second-order valence-electron chi connectivity index (χ2n) is 4.88. The van der Waals surface area contributed by atoms with Crippen LogP contribution in [0.1, 0.15) is 27.3 Å². The topological polar surface area (TPSA) is 90.1 Å². The molecule has 0 fully saturated rings. The third-order valence-corrected chi connectivity index (χ3v) is 3.81. The molecular formula is C14H15ClN4O3. The minimum atomic E-state index is -0.617. The van der Waals surface area contributed by atoms with Crippen molar-refractivity contribution in [3.05, 3.63) is 55.9 Å². The molecular weight excluding hydrogens is 308 g/mol. The number of carbonyl (C=O) groups is 1. The van der Waals surface area contributed by atoms with Crippen LogP contribution in [0.25, 0.3) is 0 Å². The number of aromatic nitrogens is 2. The van der Waals surface area contributed by atoms with Crippen LogP contribution in [0.15, 0.2) is 18.2 Å². The Labute approximate surface area is 132 Å². The average Bonchev–Trinajstić information content (AvgIpc) is 2.70. The van der Waals surface area contributed by atoms with E-state index in [9.17, 15) is 14.9 Å². The molecule has 0 bridgehead atoms. The number of hydrogen-bond acceptors (Lipinski definition) is 4. The molecule has 2 rings (SSSR count). The third kappa shape index (κ3) is 3.09. The Morgan fingerprint density at radius 2 is 2.14 bits per heavy atom. The largest absolute Gasteiger partial charge is 0.348 e. The summed E-state index contributed by atoms with van der Waals surface area (Å²) in [6, 6.07) is 3.96. The molecule has 0 aliphatic rings. The molecule has 1 aromatic carbocycles. The molecule has 0 aliphatic heterocycles. The SMILES string of the molecule is Cc1nn(C)c(C)c1CNC(=O)c1ccc(Cl)c([N+](=O)[O-])c1. The van der Waals surface area contributed by atoms with Gasteiger partial charge in [0, 0.05) is 36.5 Å². The highest BCUT2D eigenvalue weighted by atomic mass is 35.5. The fourth-order valence-electron chi connectivity index (χ4n) is 2.14. The van der Waals surface area contributed by atoms with Crippen molar-refractivity contribution in [2.24, 2.45) is 7.05 Å². The molecule has 0 saturated carbocycles. The predicted molar refractivity (Wildman–Crippen MR) is 82.0 cm³/mol. The monoisotopic (exact) mass is 322 g/mol. The van der Waals surface area contributed by atoms with Crippen LogP contribution >= 0.6 is 11.6 Å². The Balaban J connectivity index is 2.16. The van der Waals surface area contributed by atoms with Gasteiger partial charge in [-0.05, 0) is 26.0 Å². The lowest BCUT2D eigenvalue weighted by atomic mass is 10.1. The number of aryl methyl sites for hydroxylation is 2. The van der Waals surface area contributed by atoms with Crippen molar-refractivity contribution in [2.45, 2.75) is 20.4 Å². The number of nitro benzene ring substituents is 1. The minimum Gasteiger partial charge on any atom is -0.348 e. The van der Waals surface area contributed by atoms with Crippen LogP contribution in [-0.2, 0) is 13.6 Å². The fraction of sp³-hybridized carbons (Fsp3) is 0.286. The van der Waals surface area contributed by atoms with Gasteiger partial charge in [0.05, 0.1) is 10.6 Å². The molecule has 1 aromatic heterocycles. The molecule has 22 heavy (non-hydrogen) atoms. The Kier molecular flexibility index (Phi) is 4.46. The first-order chi connectivity index (χ1) is 10.3. The van der Waals surface area contributed by atoms with Gasteiger partial charge in [0.2, 0.25) is 0 Å². The van der Waals surface area contributed by atoms with Crippen LogP contribution in [0.4, 0.5) is 5.69 Å². The summed E-state index contributed by atoms with van der Waals surface area (Å²) in [6.07, 6.45) is 0. The van der Waals surface area contributed by atoms with Crippen molar-refractivity contribution in [1.82, 2.24) is 15.1 Å². The lowest BCUT2D eigenvalue weighted by Crippen LogP contribution is -2.23. The maximum atomic E-state index is 12.1. The summed E-state index contributed by atoms with van der Waals surface area (Å²) in [6.45, 7) is 4.08. The third-order valence-electron chi connectivity index (χ3n) is 3.49. The Morgan fingerprint density at radius 1 is 1.45 bits per heavy atom. The number of halogens is 1. The summed E-state index contributed by atoms with van der Waals surface area (Å²) >= 11 is 5.73. The number of benzene rings is 1. The molecule has 0 unspecified atom stereocenters. The molecule has 2 aromatic rings. The zero-order chi connectivity index (χ0) is 16.4. The number of nitro groups is 1. The van der Waals surface area contributed by atoms with Crippen LogP contribution in [0.2, 0.25) is 5.02 Å². The summed E-state index contributed by atoms with van der Waals surface area (Å²) in [4.78, 5) is 22.4. The van der Waals surface area contributed by atoms with Gasteiger partial charge in [0.25, 0.3) is 11.6 Å². The van der Waals surface area contributed by atoms with Crippen LogP contribution in [-0.4, -0.2) is 20.6 Å². The van der Waals surface area contributed by atoms with E-state index < -0.39 is 10.8 Å². The first-order valence-corrected chi connectivity index (χ1v) is 6.90. The normalized spacial score (nSPS) is 10.5.